The van der Waals surface area contributed by atoms with Gasteiger partial charge in [-0.15, -0.1) is 0 Å². The van der Waals surface area contributed by atoms with Crippen LogP contribution in [0.1, 0.15) is 37.0 Å². The van der Waals surface area contributed by atoms with Crippen molar-refractivity contribution in [3.8, 4) is 0 Å². The molecule has 0 fully saturated rings. The first-order valence-electron chi connectivity index (χ1n) is 6.29. The minimum atomic E-state index is -0.323. The van der Waals surface area contributed by atoms with Crippen molar-refractivity contribution >= 4 is 11.7 Å². The van der Waals surface area contributed by atoms with E-state index in [0.29, 0.717) is 30.9 Å². The number of aromatic nitrogens is 1. The molecule has 1 atom stereocenters. The van der Waals surface area contributed by atoms with E-state index < -0.39 is 0 Å². The van der Waals surface area contributed by atoms with Gasteiger partial charge in [-0.05, 0) is 31.9 Å². The van der Waals surface area contributed by atoms with Gasteiger partial charge in [0, 0.05) is 19.3 Å². The number of anilines is 1. The Hall–Kier alpha value is -1.62. The van der Waals surface area contributed by atoms with Crippen LogP contribution >= 0.6 is 0 Å². The molecular formula is C13H21N3O2. The van der Waals surface area contributed by atoms with Gasteiger partial charge < -0.3 is 15.7 Å². The molecule has 18 heavy (non-hydrogen) atoms. The number of nitrogens with one attached hydrogen (secondary N) is 2. The van der Waals surface area contributed by atoms with E-state index in [0.717, 1.165) is 6.42 Å². The monoisotopic (exact) mass is 251 g/mol. The lowest BCUT2D eigenvalue weighted by atomic mass is 10.2. The summed E-state index contributed by atoms with van der Waals surface area (Å²) < 4.78 is 0. The van der Waals surface area contributed by atoms with Gasteiger partial charge in [-0.3, -0.25) is 4.79 Å². The highest BCUT2D eigenvalue weighted by Gasteiger charge is 2.04. The molecule has 0 aliphatic rings. The zero-order valence-electron chi connectivity index (χ0n) is 10.9. The first-order chi connectivity index (χ1) is 8.63. The first kappa shape index (κ1) is 14.4. The lowest BCUT2D eigenvalue weighted by Gasteiger charge is -2.08. The Morgan fingerprint density at radius 3 is 2.78 bits per heavy atom. The van der Waals surface area contributed by atoms with Gasteiger partial charge in [-0.1, -0.05) is 6.92 Å². The van der Waals surface area contributed by atoms with Gasteiger partial charge in [0.25, 0.3) is 5.91 Å². The second-order valence-corrected chi connectivity index (χ2v) is 4.25. The van der Waals surface area contributed by atoms with E-state index in [2.05, 4.69) is 15.6 Å². The molecule has 1 aromatic heterocycles. The molecular weight excluding hydrogens is 230 g/mol. The molecule has 0 spiro atoms. The SMILES string of the molecule is CCCNC(=O)c1ccc(NCC[C@@H](C)O)nc1. The van der Waals surface area contributed by atoms with Crippen molar-refractivity contribution in [3.05, 3.63) is 23.9 Å². The van der Waals surface area contributed by atoms with Crippen LogP contribution in [-0.2, 0) is 0 Å². The summed E-state index contributed by atoms with van der Waals surface area (Å²) in [7, 11) is 0. The van der Waals surface area contributed by atoms with Crippen LogP contribution in [-0.4, -0.2) is 35.2 Å². The quantitative estimate of drug-likeness (QED) is 0.685. The molecule has 0 aliphatic heterocycles. The average molecular weight is 251 g/mol. The maximum atomic E-state index is 11.6. The van der Waals surface area contributed by atoms with Gasteiger partial charge >= 0.3 is 0 Å². The van der Waals surface area contributed by atoms with Gasteiger partial charge in [-0.2, -0.15) is 0 Å². The van der Waals surface area contributed by atoms with Crippen molar-refractivity contribution < 1.29 is 9.90 Å². The number of aliphatic hydroxyl groups excluding tert-OH is 1. The molecule has 0 radical (unpaired) electrons. The van der Waals surface area contributed by atoms with Gasteiger partial charge in [-0.25, -0.2) is 4.98 Å². The molecule has 0 aromatic carbocycles. The fraction of sp³-hybridized carbons (Fsp3) is 0.538. The Kier molecular flexibility index (Phi) is 6.14. The van der Waals surface area contributed by atoms with Crippen LogP contribution in [0.25, 0.3) is 0 Å². The summed E-state index contributed by atoms with van der Waals surface area (Å²) in [5, 5.41) is 15.0. The number of carbonyl (C=O) groups excluding carboxylic acids is 1. The predicted octanol–water partition coefficient (Wildman–Crippen LogP) is 1.40. The maximum absolute atomic E-state index is 11.6. The molecule has 5 heteroatoms. The molecule has 100 valence electrons. The van der Waals surface area contributed by atoms with E-state index in [1.165, 1.54) is 0 Å². The second-order valence-electron chi connectivity index (χ2n) is 4.25. The zero-order valence-corrected chi connectivity index (χ0v) is 10.9. The lowest BCUT2D eigenvalue weighted by Crippen LogP contribution is -2.24. The van der Waals surface area contributed by atoms with Crippen LogP contribution in [0.4, 0.5) is 5.82 Å². The van der Waals surface area contributed by atoms with Crippen molar-refractivity contribution in [2.24, 2.45) is 0 Å². The summed E-state index contributed by atoms with van der Waals surface area (Å²) in [6.45, 7) is 5.09. The molecule has 0 aliphatic carbocycles. The highest BCUT2D eigenvalue weighted by atomic mass is 16.3. The fourth-order valence-corrected chi connectivity index (χ4v) is 1.38. The van der Waals surface area contributed by atoms with Gasteiger partial charge in [0.1, 0.15) is 5.82 Å². The number of aliphatic hydroxyl groups is 1. The topological polar surface area (TPSA) is 74.2 Å². The van der Waals surface area contributed by atoms with E-state index >= 15 is 0 Å². The third-order valence-corrected chi connectivity index (χ3v) is 2.43. The van der Waals surface area contributed by atoms with Crippen molar-refractivity contribution in [3.63, 3.8) is 0 Å². The van der Waals surface area contributed by atoms with Crippen LogP contribution in [0.3, 0.4) is 0 Å². The Morgan fingerprint density at radius 1 is 1.44 bits per heavy atom. The van der Waals surface area contributed by atoms with Crippen molar-refractivity contribution in [1.29, 1.82) is 0 Å². The summed E-state index contributed by atoms with van der Waals surface area (Å²) in [5.41, 5.74) is 0.560. The normalized spacial score (nSPS) is 11.9. The maximum Gasteiger partial charge on any atom is 0.252 e. The number of carbonyl (C=O) groups is 1. The van der Waals surface area contributed by atoms with Gasteiger partial charge in [0.2, 0.25) is 0 Å². The number of amides is 1. The first-order valence-corrected chi connectivity index (χ1v) is 6.29. The fourth-order valence-electron chi connectivity index (χ4n) is 1.38. The Morgan fingerprint density at radius 2 is 2.22 bits per heavy atom. The van der Waals surface area contributed by atoms with Crippen molar-refractivity contribution in [2.45, 2.75) is 32.8 Å². The molecule has 5 nitrogen and oxygen atoms in total. The minimum Gasteiger partial charge on any atom is -0.393 e. The molecule has 1 heterocycles. The number of hydrogen-bond donors (Lipinski definition) is 3. The summed E-state index contributed by atoms with van der Waals surface area (Å²) >= 11 is 0. The highest BCUT2D eigenvalue weighted by molar-refractivity contribution is 5.93. The van der Waals surface area contributed by atoms with Crippen LogP contribution in [0, 0.1) is 0 Å². The van der Waals surface area contributed by atoms with Crippen LogP contribution in [0.2, 0.25) is 0 Å². The standard InChI is InChI=1S/C13H21N3O2/c1-3-7-15-13(18)11-4-5-12(16-9-11)14-8-6-10(2)17/h4-5,9-10,17H,3,6-8H2,1-2H3,(H,14,16)(H,15,18)/t10-/m1/s1. The Labute approximate surface area is 108 Å². The minimum absolute atomic E-state index is 0.0973. The molecule has 1 amide bonds. The molecule has 0 bridgehead atoms. The van der Waals surface area contributed by atoms with E-state index in [9.17, 15) is 4.79 Å². The molecule has 1 aromatic rings. The Balaban J connectivity index is 2.44. The van der Waals surface area contributed by atoms with E-state index in [-0.39, 0.29) is 12.0 Å². The third kappa shape index (κ3) is 5.14. The Bertz CT molecular complexity index is 363. The van der Waals surface area contributed by atoms with E-state index in [1.807, 2.05) is 6.92 Å². The van der Waals surface area contributed by atoms with Crippen molar-refractivity contribution in [2.75, 3.05) is 18.4 Å². The molecule has 0 saturated heterocycles. The highest BCUT2D eigenvalue weighted by Crippen LogP contribution is 2.05. The zero-order chi connectivity index (χ0) is 13.4. The lowest BCUT2D eigenvalue weighted by molar-refractivity contribution is 0.0953. The molecule has 0 saturated carbocycles. The van der Waals surface area contributed by atoms with Crippen molar-refractivity contribution in [1.82, 2.24) is 10.3 Å². The second kappa shape index (κ2) is 7.66. The van der Waals surface area contributed by atoms with E-state index in [4.69, 9.17) is 5.11 Å². The summed E-state index contributed by atoms with van der Waals surface area (Å²) in [6.07, 6.45) is 2.81. The van der Waals surface area contributed by atoms with E-state index in [1.54, 1.807) is 25.3 Å². The van der Waals surface area contributed by atoms with Crippen LogP contribution < -0.4 is 10.6 Å². The number of pyridine rings is 1. The van der Waals surface area contributed by atoms with Gasteiger partial charge in [0.05, 0.1) is 11.7 Å². The summed E-state index contributed by atoms with van der Waals surface area (Å²) in [6, 6.07) is 3.51. The van der Waals surface area contributed by atoms with Gasteiger partial charge in [0.15, 0.2) is 0 Å². The molecule has 3 N–H and O–H groups in total. The van der Waals surface area contributed by atoms with Crippen LogP contribution in [0.5, 0.6) is 0 Å². The largest absolute Gasteiger partial charge is 0.393 e. The average Bonchev–Trinajstić information content (AvgIpc) is 2.36. The number of nitrogens with zero attached hydrogens (tertiary/aromatic N) is 1. The smallest absolute Gasteiger partial charge is 0.252 e. The summed E-state index contributed by atoms with van der Waals surface area (Å²) in [5.74, 6) is 0.613. The molecule has 0 unspecified atom stereocenters. The van der Waals surface area contributed by atoms with Crippen LogP contribution in [0.15, 0.2) is 18.3 Å². The third-order valence-electron chi connectivity index (χ3n) is 2.43. The number of hydrogen-bond acceptors (Lipinski definition) is 4. The molecule has 1 rings (SSSR count). The summed E-state index contributed by atoms with van der Waals surface area (Å²) in [4.78, 5) is 15.8. The number of rotatable bonds is 7. The predicted molar refractivity (Wildman–Crippen MR) is 71.6 cm³/mol.